The lowest BCUT2D eigenvalue weighted by atomic mass is 10.0. The second kappa shape index (κ2) is 8.17. The first-order valence-electron chi connectivity index (χ1n) is 10.9. The number of H-pyrrole nitrogens is 2. The topological polar surface area (TPSA) is 112 Å². The highest BCUT2D eigenvalue weighted by Gasteiger charge is 2.24. The molecule has 0 spiro atoms. The smallest absolute Gasteiger partial charge is 0.161 e. The molecule has 0 atom stereocenters. The summed E-state index contributed by atoms with van der Waals surface area (Å²) >= 11 is 1.61. The minimum Gasteiger partial charge on any atom is -0.402 e. The first-order valence-corrected chi connectivity index (χ1v) is 11.9. The molecule has 0 bridgehead atoms. The van der Waals surface area contributed by atoms with Gasteiger partial charge in [-0.25, -0.2) is 9.37 Å². The summed E-state index contributed by atoms with van der Waals surface area (Å²) in [6.07, 6.45) is 9.29. The highest BCUT2D eigenvalue weighted by molar-refractivity contribution is 7.08. The van der Waals surface area contributed by atoms with E-state index in [0.29, 0.717) is 40.1 Å². The molecular weight excluding hydrogens is 463 g/mol. The van der Waals surface area contributed by atoms with Crippen LogP contribution in [0.3, 0.4) is 0 Å². The van der Waals surface area contributed by atoms with Crippen molar-refractivity contribution in [1.82, 2.24) is 30.1 Å². The van der Waals surface area contributed by atoms with Gasteiger partial charge in [-0.15, -0.1) is 0 Å². The number of pyridine rings is 2. The van der Waals surface area contributed by atoms with E-state index >= 15 is 4.39 Å². The molecule has 5 aromatic heterocycles. The number of halogens is 1. The van der Waals surface area contributed by atoms with Gasteiger partial charge >= 0.3 is 0 Å². The molecule has 0 fully saturated rings. The predicted molar refractivity (Wildman–Crippen MR) is 136 cm³/mol. The Balaban J connectivity index is 1.50. The summed E-state index contributed by atoms with van der Waals surface area (Å²) in [5, 5.41) is 11.7. The number of aromatic amines is 2. The summed E-state index contributed by atoms with van der Waals surface area (Å²) in [5.74, 6) is -0.0168. The van der Waals surface area contributed by atoms with Gasteiger partial charge < -0.3 is 15.6 Å². The van der Waals surface area contributed by atoms with Crippen LogP contribution >= 0.6 is 11.3 Å². The number of hydrogen-bond acceptors (Lipinski definition) is 7. The fourth-order valence-corrected chi connectivity index (χ4v) is 4.86. The second-order valence-electron chi connectivity index (χ2n) is 8.53. The third kappa shape index (κ3) is 3.58. The Kier molecular flexibility index (Phi) is 4.96. The molecule has 5 heterocycles. The molecule has 6 rings (SSSR count). The van der Waals surface area contributed by atoms with Gasteiger partial charge in [-0.3, -0.25) is 15.1 Å². The van der Waals surface area contributed by atoms with Gasteiger partial charge in [0.2, 0.25) is 0 Å². The number of anilines is 1. The maximum Gasteiger partial charge on any atom is 0.161 e. The molecular formula is C25H21FN8S. The summed E-state index contributed by atoms with van der Waals surface area (Å²) in [5.41, 5.74) is 13.1. The van der Waals surface area contributed by atoms with Crippen LogP contribution in [-0.4, -0.2) is 44.2 Å². The van der Waals surface area contributed by atoms with Gasteiger partial charge in [-0.05, 0) is 34.5 Å². The van der Waals surface area contributed by atoms with Gasteiger partial charge in [-0.2, -0.15) is 16.4 Å². The Morgan fingerprint density at radius 2 is 1.97 bits per heavy atom. The molecule has 0 saturated carbocycles. The minimum absolute atomic E-state index is 0.204. The van der Waals surface area contributed by atoms with Crippen molar-refractivity contribution < 1.29 is 4.39 Å². The van der Waals surface area contributed by atoms with Gasteiger partial charge in [0.05, 0.1) is 34.7 Å². The maximum atomic E-state index is 15.9. The molecule has 4 N–H and O–H groups in total. The van der Waals surface area contributed by atoms with E-state index in [2.05, 4.69) is 30.5 Å². The first kappa shape index (κ1) is 21.2. The summed E-state index contributed by atoms with van der Waals surface area (Å²) < 4.78 is 15.9. The maximum absolute atomic E-state index is 15.9. The Morgan fingerprint density at radius 3 is 2.77 bits per heavy atom. The number of thiophene rings is 1. The second-order valence-corrected chi connectivity index (χ2v) is 9.31. The fraction of sp³-hybridized carbons (Fsp3) is 0.120. The van der Waals surface area contributed by atoms with Crippen molar-refractivity contribution in [1.29, 1.82) is 0 Å². The largest absolute Gasteiger partial charge is 0.402 e. The number of nitrogens with two attached hydrogens (primary N) is 1. The highest BCUT2D eigenvalue weighted by Crippen LogP contribution is 2.35. The number of fused-ring (bicyclic) bond motifs is 2. The average Bonchev–Trinajstić information content (AvgIpc) is 3.59. The molecule has 0 radical (unpaired) electrons. The molecule has 10 heteroatoms. The molecule has 0 saturated heterocycles. The SMILES string of the molecule is CN(C)c1cncc(-c2ncc3[nH]nc(-c4nc5c([nH]4)CC(N)=CC=C5c4ccsc4)c3c2F)c1. The van der Waals surface area contributed by atoms with Crippen LogP contribution in [0.4, 0.5) is 10.1 Å². The van der Waals surface area contributed by atoms with Crippen LogP contribution in [0.5, 0.6) is 0 Å². The Morgan fingerprint density at radius 1 is 1.09 bits per heavy atom. The Bertz CT molecular complexity index is 1620. The number of nitrogens with zero attached hydrogens (tertiary/aromatic N) is 5. The zero-order chi connectivity index (χ0) is 24.1. The molecule has 0 amide bonds. The first-order chi connectivity index (χ1) is 17.0. The van der Waals surface area contributed by atoms with E-state index in [9.17, 15) is 0 Å². The van der Waals surface area contributed by atoms with Crippen LogP contribution in [-0.2, 0) is 6.42 Å². The minimum atomic E-state index is -0.483. The van der Waals surface area contributed by atoms with Crippen molar-refractivity contribution in [3.63, 3.8) is 0 Å². The van der Waals surface area contributed by atoms with E-state index < -0.39 is 5.82 Å². The quantitative estimate of drug-likeness (QED) is 0.346. The number of nitrogens with one attached hydrogen (secondary N) is 2. The van der Waals surface area contributed by atoms with Crippen LogP contribution in [0.15, 0.2) is 59.3 Å². The van der Waals surface area contributed by atoms with Crippen LogP contribution in [0, 0.1) is 5.82 Å². The van der Waals surface area contributed by atoms with Gasteiger partial charge in [0.15, 0.2) is 11.6 Å². The van der Waals surface area contributed by atoms with Crippen molar-refractivity contribution in [2.24, 2.45) is 5.73 Å². The molecule has 0 aliphatic heterocycles. The zero-order valence-corrected chi connectivity index (χ0v) is 19.8. The summed E-state index contributed by atoms with van der Waals surface area (Å²) in [7, 11) is 3.81. The lowest BCUT2D eigenvalue weighted by Gasteiger charge is -2.13. The van der Waals surface area contributed by atoms with Crippen molar-refractivity contribution in [3.05, 3.63) is 82.1 Å². The molecule has 174 valence electrons. The van der Waals surface area contributed by atoms with Crippen LogP contribution < -0.4 is 10.6 Å². The standard InChI is InChI=1S/C25H21FN8S/c1-34(2)16-7-14(9-28-10-16)22-21(26)20-19(11-29-22)32-33-24(20)25-30-18-8-15(27)3-4-17(23(18)31-25)13-5-6-35-12-13/h3-7,9-12H,8,27H2,1-2H3,(H,30,31)(H,32,33). The van der Waals surface area contributed by atoms with Crippen LogP contribution in [0.2, 0.25) is 0 Å². The number of rotatable bonds is 4. The van der Waals surface area contributed by atoms with Crippen molar-refractivity contribution >= 4 is 33.5 Å². The number of imidazole rings is 1. The van der Waals surface area contributed by atoms with E-state index in [-0.39, 0.29) is 5.69 Å². The van der Waals surface area contributed by atoms with E-state index in [0.717, 1.165) is 28.2 Å². The molecule has 0 aromatic carbocycles. The van der Waals surface area contributed by atoms with Gasteiger partial charge in [0.25, 0.3) is 0 Å². The molecule has 8 nitrogen and oxygen atoms in total. The molecule has 1 aliphatic carbocycles. The Hall–Kier alpha value is -4.31. The molecule has 1 aliphatic rings. The lowest BCUT2D eigenvalue weighted by Crippen LogP contribution is -2.09. The van der Waals surface area contributed by atoms with E-state index in [1.807, 2.05) is 48.7 Å². The van der Waals surface area contributed by atoms with Gasteiger partial charge in [0, 0.05) is 49.2 Å². The van der Waals surface area contributed by atoms with Crippen LogP contribution in [0.1, 0.15) is 17.0 Å². The third-order valence-corrected chi connectivity index (χ3v) is 6.68. The van der Waals surface area contributed by atoms with Crippen molar-refractivity contribution in [3.8, 4) is 22.8 Å². The lowest BCUT2D eigenvalue weighted by molar-refractivity contribution is 0.638. The van der Waals surface area contributed by atoms with Crippen molar-refractivity contribution in [2.45, 2.75) is 6.42 Å². The van der Waals surface area contributed by atoms with Gasteiger partial charge in [0.1, 0.15) is 11.4 Å². The number of hydrogen-bond donors (Lipinski definition) is 3. The van der Waals surface area contributed by atoms with E-state index in [1.165, 1.54) is 0 Å². The summed E-state index contributed by atoms with van der Waals surface area (Å²) in [4.78, 5) is 18.7. The number of allylic oxidation sites excluding steroid dienone is 3. The van der Waals surface area contributed by atoms with Crippen LogP contribution in [0.25, 0.3) is 39.3 Å². The normalized spacial score (nSPS) is 13.3. The summed E-state index contributed by atoms with van der Waals surface area (Å²) in [6.45, 7) is 0. The highest BCUT2D eigenvalue weighted by atomic mass is 32.1. The summed E-state index contributed by atoms with van der Waals surface area (Å²) in [6, 6.07) is 3.90. The predicted octanol–water partition coefficient (Wildman–Crippen LogP) is 4.51. The monoisotopic (exact) mass is 484 g/mol. The average molecular weight is 485 g/mol. The van der Waals surface area contributed by atoms with E-state index in [4.69, 9.17) is 10.7 Å². The zero-order valence-electron chi connectivity index (χ0n) is 19.0. The number of aromatic nitrogens is 6. The van der Waals surface area contributed by atoms with E-state index in [1.54, 1.807) is 29.9 Å². The van der Waals surface area contributed by atoms with Gasteiger partial charge in [-0.1, -0.05) is 6.08 Å². The third-order valence-electron chi connectivity index (χ3n) is 5.99. The van der Waals surface area contributed by atoms with Crippen molar-refractivity contribution in [2.75, 3.05) is 19.0 Å². The molecule has 35 heavy (non-hydrogen) atoms. The fourth-order valence-electron chi connectivity index (χ4n) is 4.20. The Labute approximate surface area is 204 Å². The molecule has 5 aromatic rings. The molecule has 0 unspecified atom stereocenters.